The predicted molar refractivity (Wildman–Crippen MR) is 76.3 cm³/mol. The Morgan fingerprint density at radius 2 is 2.00 bits per heavy atom. The molecule has 104 valence electrons. The van der Waals surface area contributed by atoms with Crippen molar-refractivity contribution in [2.75, 3.05) is 19.7 Å². The Balaban J connectivity index is 1.91. The number of ether oxygens (including phenoxy) is 1. The molecule has 0 saturated carbocycles. The summed E-state index contributed by atoms with van der Waals surface area (Å²) in [6.45, 7) is 4.21. The zero-order valence-corrected chi connectivity index (χ0v) is 12.0. The van der Waals surface area contributed by atoms with E-state index in [1.54, 1.807) is 0 Å². The molecule has 2 rings (SSSR count). The fourth-order valence-electron chi connectivity index (χ4n) is 2.40. The van der Waals surface area contributed by atoms with Gasteiger partial charge >= 0.3 is 0 Å². The molecule has 1 aromatic carbocycles. The summed E-state index contributed by atoms with van der Waals surface area (Å²) in [4.78, 5) is 14.2. The van der Waals surface area contributed by atoms with Crippen LogP contribution in [0.3, 0.4) is 0 Å². The van der Waals surface area contributed by atoms with E-state index in [0.717, 1.165) is 38.1 Å². The van der Waals surface area contributed by atoms with Crippen LogP contribution < -0.4 is 0 Å². The van der Waals surface area contributed by atoms with Crippen molar-refractivity contribution in [2.24, 2.45) is 0 Å². The molecule has 0 aliphatic carbocycles. The van der Waals surface area contributed by atoms with Crippen LogP contribution in [0.5, 0.6) is 0 Å². The molecule has 1 unspecified atom stereocenters. The number of benzene rings is 1. The SMILES string of the molecule is CCOC1CCN(C(=O)C(Cl)c2ccccc2)CC1. The largest absolute Gasteiger partial charge is 0.378 e. The topological polar surface area (TPSA) is 29.5 Å². The minimum Gasteiger partial charge on any atom is -0.378 e. The maximum atomic E-state index is 12.3. The molecule has 0 radical (unpaired) electrons. The monoisotopic (exact) mass is 281 g/mol. The molecule has 1 saturated heterocycles. The fourth-order valence-corrected chi connectivity index (χ4v) is 2.69. The van der Waals surface area contributed by atoms with Gasteiger partial charge in [-0.3, -0.25) is 4.79 Å². The zero-order chi connectivity index (χ0) is 13.7. The Bertz CT molecular complexity index is 402. The van der Waals surface area contributed by atoms with Gasteiger partial charge in [0.25, 0.3) is 0 Å². The number of hydrogen-bond donors (Lipinski definition) is 0. The summed E-state index contributed by atoms with van der Waals surface area (Å²) in [6, 6.07) is 9.51. The lowest BCUT2D eigenvalue weighted by molar-refractivity contribution is -0.133. The lowest BCUT2D eigenvalue weighted by Gasteiger charge is -2.33. The standard InChI is InChI=1S/C15H20ClNO2/c1-2-19-13-8-10-17(11-9-13)15(18)14(16)12-6-4-3-5-7-12/h3-7,13-14H,2,8-11H2,1H3. The number of alkyl halides is 1. The number of rotatable bonds is 4. The van der Waals surface area contributed by atoms with Crippen molar-refractivity contribution in [3.05, 3.63) is 35.9 Å². The lowest BCUT2D eigenvalue weighted by Crippen LogP contribution is -2.42. The van der Waals surface area contributed by atoms with Crippen LogP contribution in [0, 0.1) is 0 Å². The van der Waals surface area contributed by atoms with Gasteiger partial charge in [0.1, 0.15) is 5.38 Å². The summed E-state index contributed by atoms with van der Waals surface area (Å²) < 4.78 is 5.59. The van der Waals surface area contributed by atoms with E-state index in [-0.39, 0.29) is 5.91 Å². The maximum absolute atomic E-state index is 12.3. The average Bonchev–Trinajstić information content (AvgIpc) is 2.48. The van der Waals surface area contributed by atoms with Gasteiger partial charge in [-0.15, -0.1) is 11.6 Å². The Morgan fingerprint density at radius 3 is 2.58 bits per heavy atom. The third kappa shape index (κ3) is 3.71. The molecule has 19 heavy (non-hydrogen) atoms. The Morgan fingerprint density at radius 1 is 1.37 bits per heavy atom. The summed E-state index contributed by atoms with van der Waals surface area (Å²) in [5.41, 5.74) is 0.862. The molecule has 4 heteroatoms. The van der Waals surface area contributed by atoms with Crippen LogP contribution in [0.15, 0.2) is 30.3 Å². The summed E-state index contributed by atoms with van der Waals surface area (Å²) in [5.74, 6) is 0.00261. The van der Waals surface area contributed by atoms with Crippen LogP contribution in [0.2, 0.25) is 0 Å². The summed E-state index contributed by atoms with van der Waals surface area (Å²) in [7, 11) is 0. The minimum atomic E-state index is -0.579. The van der Waals surface area contributed by atoms with Gasteiger partial charge in [-0.05, 0) is 25.3 Å². The van der Waals surface area contributed by atoms with Crippen molar-refractivity contribution < 1.29 is 9.53 Å². The average molecular weight is 282 g/mol. The maximum Gasteiger partial charge on any atom is 0.245 e. The highest BCUT2D eigenvalue weighted by Gasteiger charge is 2.27. The highest BCUT2D eigenvalue weighted by Crippen LogP contribution is 2.25. The molecule has 0 spiro atoms. The van der Waals surface area contributed by atoms with Gasteiger partial charge in [-0.2, -0.15) is 0 Å². The first-order chi connectivity index (χ1) is 9.22. The number of likely N-dealkylation sites (tertiary alicyclic amines) is 1. The Kier molecular flexibility index (Phi) is 5.23. The van der Waals surface area contributed by atoms with Crippen molar-refractivity contribution in [1.29, 1.82) is 0 Å². The van der Waals surface area contributed by atoms with Crippen LogP contribution in [0.25, 0.3) is 0 Å². The molecule has 1 fully saturated rings. The van der Waals surface area contributed by atoms with E-state index >= 15 is 0 Å². The number of piperidine rings is 1. The fraction of sp³-hybridized carbons (Fsp3) is 0.533. The zero-order valence-electron chi connectivity index (χ0n) is 11.2. The molecule has 1 aromatic rings. The highest BCUT2D eigenvalue weighted by molar-refractivity contribution is 6.30. The third-order valence-corrected chi connectivity index (χ3v) is 3.90. The van der Waals surface area contributed by atoms with Crippen molar-refractivity contribution in [1.82, 2.24) is 4.90 Å². The van der Waals surface area contributed by atoms with Crippen molar-refractivity contribution >= 4 is 17.5 Å². The lowest BCUT2D eigenvalue weighted by atomic mass is 10.1. The number of amides is 1. The number of halogens is 1. The third-order valence-electron chi connectivity index (χ3n) is 3.47. The highest BCUT2D eigenvalue weighted by atomic mass is 35.5. The van der Waals surface area contributed by atoms with Crippen LogP contribution in [-0.4, -0.2) is 36.6 Å². The second kappa shape index (κ2) is 6.92. The number of nitrogens with zero attached hydrogens (tertiary/aromatic N) is 1. The second-order valence-electron chi connectivity index (χ2n) is 4.75. The second-order valence-corrected chi connectivity index (χ2v) is 5.19. The number of carbonyl (C=O) groups excluding carboxylic acids is 1. The number of hydrogen-bond acceptors (Lipinski definition) is 2. The molecule has 0 aromatic heterocycles. The first-order valence-corrected chi connectivity index (χ1v) is 7.25. The molecule has 1 aliphatic rings. The van der Waals surface area contributed by atoms with Gasteiger partial charge in [0.15, 0.2) is 0 Å². The van der Waals surface area contributed by atoms with Gasteiger partial charge in [0.2, 0.25) is 5.91 Å². The van der Waals surface area contributed by atoms with Gasteiger partial charge in [0.05, 0.1) is 6.10 Å². The van der Waals surface area contributed by atoms with Crippen molar-refractivity contribution in [3.8, 4) is 0 Å². The molecule has 1 atom stereocenters. The quantitative estimate of drug-likeness (QED) is 0.794. The van der Waals surface area contributed by atoms with Gasteiger partial charge in [-0.25, -0.2) is 0 Å². The molecule has 3 nitrogen and oxygen atoms in total. The molecular weight excluding hydrogens is 262 g/mol. The summed E-state index contributed by atoms with van der Waals surface area (Å²) >= 11 is 6.27. The molecule has 1 aliphatic heterocycles. The number of carbonyl (C=O) groups is 1. The molecule has 1 heterocycles. The van der Waals surface area contributed by atoms with Crippen LogP contribution in [0.1, 0.15) is 30.7 Å². The Labute approximate surface area is 119 Å². The van der Waals surface area contributed by atoms with E-state index in [1.165, 1.54) is 0 Å². The predicted octanol–water partition coefficient (Wildman–Crippen LogP) is 2.99. The molecule has 0 bridgehead atoms. The molecule has 1 amide bonds. The summed E-state index contributed by atoms with van der Waals surface area (Å²) in [5, 5.41) is -0.579. The Hall–Kier alpha value is -1.06. The first-order valence-electron chi connectivity index (χ1n) is 6.81. The smallest absolute Gasteiger partial charge is 0.245 e. The molecular formula is C15H20ClNO2. The minimum absolute atomic E-state index is 0.00261. The van der Waals surface area contributed by atoms with E-state index in [1.807, 2.05) is 42.2 Å². The molecule has 0 N–H and O–H groups in total. The normalized spacial score (nSPS) is 18.3. The van der Waals surface area contributed by atoms with Gasteiger partial charge < -0.3 is 9.64 Å². The van der Waals surface area contributed by atoms with E-state index in [4.69, 9.17) is 16.3 Å². The van der Waals surface area contributed by atoms with E-state index in [0.29, 0.717) is 6.10 Å². The van der Waals surface area contributed by atoms with Crippen molar-refractivity contribution in [3.63, 3.8) is 0 Å². The van der Waals surface area contributed by atoms with Crippen LogP contribution in [0.4, 0.5) is 0 Å². The van der Waals surface area contributed by atoms with Crippen molar-refractivity contribution in [2.45, 2.75) is 31.2 Å². The van der Waals surface area contributed by atoms with Crippen LogP contribution in [-0.2, 0) is 9.53 Å². The van der Waals surface area contributed by atoms with E-state index in [2.05, 4.69) is 0 Å². The van der Waals surface area contributed by atoms with E-state index in [9.17, 15) is 4.79 Å². The van der Waals surface area contributed by atoms with Crippen LogP contribution >= 0.6 is 11.6 Å². The first kappa shape index (κ1) is 14.4. The van der Waals surface area contributed by atoms with Gasteiger partial charge in [0, 0.05) is 19.7 Å². The van der Waals surface area contributed by atoms with E-state index < -0.39 is 5.38 Å². The van der Waals surface area contributed by atoms with Gasteiger partial charge in [-0.1, -0.05) is 30.3 Å². The summed E-state index contributed by atoms with van der Waals surface area (Å²) in [6.07, 6.45) is 2.09.